The molecule has 0 fully saturated rings. The third kappa shape index (κ3) is 3.78. The number of anilines is 4. The van der Waals surface area contributed by atoms with Crippen molar-refractivity contribution >= 4 is 29.2 Å². The molecule has 3 N–H and O–H groups in total. The minimum Gasteiger partial charge on any atom is -0.368 e. The molecular weight excluding hydrogens is 352 g/mol. The average Bonchev–Trinajstić information content (AvgIpc) is 3.11. The fourth-order valence-corrected chi connectivity index (χ4v) is 3.36. The Bertz CT molecular complexity index is 1010. The van der Waals surface area contributed by atoms with Crippen LogP contribution in [0.1, 0.15) is 23.9 Å². The molecule has 4 rings (SSSR count). The van der Waals surface area contributed by atoms with Gasteiger partial charge in [0.2, 0.25) is 17.8 Å². The summed E-state index contributed by atoms with van der Waals surface area (Å²) in [4.78, 5) is 27.3. The van der Waals surface area contributed by atoms with E-state index in [4.69, 9.17) is 5.73 Å². The van der Waals surface area contributed by atoms with Crippen molar-refractivity contribution in [2.45, 2.75) is 26.2 Å². The van der Waals surface area contributed by atoms with Crippen LogP contribution < -0.4 is 16.0 Å². The lowest BCUT2D eigenvalue weighted by Gasteiger charge is -2.18. The molecule has 1 aromatic heterocycles. The highest BCUT2D eigenvalue weighted by atomic mass is 16.2. The molecule has 0 unspecified atom stereocenters. The molecule has 2 heterocycles. The zero-order chi connectivity index (χ0) is 19.5. The molecular formula is C21H22N6O. The first kappa shape index (κ1) is 17.9. The predicted octanol–water partition coefficient (Wildman–Crippen LogP) is 2.89. The van der Waals surface area contributed by atoms with Gasteiger partial charge in [-0.1, -0.05) is 43.3 Å². The molecule has 0 spiro atoms. The Morgan fingerprint density at radius 3 is 2.75 bits per heavy atom. The van der Waals surface area contributed by atoms with Gasteiger partial charge in [-0.2, -0.15) is 15.0 Å². The van der Waals surface area contributed by atoms with Crippen molar-refractivity contribution < 1.29 is 4.79 Å². The SMILES string of the molecule is CCc1nc(N)nc(Nc2ccc3c(c2)N(C(=O)Cc2ccccc2)CC3)n1. The summed E-state index contributed by atoms with van der Waals surface area (Å²) in [6.45, 7) is 2.66. The van der Waals surface area contributed by atoms with Gasteiger partial charge < -0.3 is 16.0 Å². The van der Waals surface area contributed by atoms with Crippen molar-refractivity contribution in [2.75, 3.05) is 22.5 Å². The highest BCUT2D eigenvalue weighted by Crippen LogP contribution is 2.32. The number of hydrogen-bond acceptors (Lipinski definition) is 6. The van der Waals surface area contributed by atoms with Crippen molar-refractivity contribution in [3.05, 3.63) is 65.5 Å². The lowest BCUT2D eigenvalue weighted by atomic mass is 10.1. The van der Waals surface area contributed by atoms with Crippen LogP contribution in [0.25, 0.3) is 0 Å². The smallest absolute Gasteiger partial charge is 0.232 e. The van der Waals surface area contributed by atoms with Gasteiger partial charge in [0.25, 0.3) is 0 Å². The maximum atomic E-state index is 12.8. The summed E-state index contributed by atoms with van der Waals surface area (Å²) in [6.07, 6.45) is 1.92. The molecule has 0 atom stereocenters. The van der Waals surface area contributed by atoms with Crippen LogP contribution in [-0.4, -0.2) is 27.4 Å². The molecule has 1 aliphatic heterocycles. The van der Waals surface area contributed by atoms with E-state index in [1.165, 1.54) is 0 Å². The van der Waals surface area contributed by atoms with Crippen LogP contribution >= 0.6 is 0 Å². The zero-order valence-electron chi connectivity index (χ0n) is 15.7. The second-order valence-electron chi connectivity index (χ2n) is 6.71. The molecule has 0 aliphatic carbocycles. The Hall–Kier alpha value is -3.48. The number of rotatable bonds is 5. The highest BCUT2D eigenvalue weighted by Gasteiger charge is 2.25. The topological polar surface area (TPSA) is 97.0 Å². The third-order valence-electron chi connectivity index (χ3n) is 4.75. The van der Waals surface area contributed by atoms with Gasteiger partial charge in [0.15, 0.2) is 0 Å². The average molecular weight is 374 g/mol. The zero-order valence-corrected chi connectivity index (χ0v) is 15.7. The first-order valence-electron chi connectivity index (χ1n) is 9.37. The van der Waals surface area contributed by atoms with Crippen molar-refractivity contribution in [3.8, 4) is 0 Å². The minimum absolute atomic E-state index is 0.0970. The van der Waals surface area contributed by atoms with Gasteiger partial charge in [0, 0.05) is 24.3 Å². The largest absolute Gasteiger partial charge is 0.368 e. The summed E-state index contributed by atoms with van der Waals surface area (Å²) in [5.74, 6) is 1.33. The Morgan fingerprint density at radius 2 is 1.96 bits per heavy atom. The van der Waals surface area contributed by atoms with Crippen molar-refractivity contribution in [1.82, 2.24) is 15.0 Å². The maximum absolute atomic E-state index is 12.8. The number of fused-ring (bicyclic) bond motifs is 1. The van der Waals surface area contributed by atoms with Crippen molar-refractivity contribution in [3.63, 3.8) is 0 Å². The second kappa shape index (κ2) is 7.64. The van der Waals surface area contributed by atoms with Crippen LogP contribution in [0.4, 0.5) is 23.3 Å². The Balaban J connectivity index is 1.55. The number of amides is 1. The van der Waals surface area contributed by atoms with Gasteiger partial charge in [-0.05, 0) is 29.7 Å². The monoisotopic (exact) mass is 374 g/mol. The number of nitrogens with one attached hydrogen (secondary N) is 1. The van der Waals surface area contributed by atoms with Crippen LogP contribution in [-0.2, 0) is 24.1 Å². The number of carbonyl (C=O) groups excluding carboxylic acids is 1. The number of carbonyl (C=O) groups is 1. The molecule has 7 heteroatoms. The fourth-order valence-electron chi connectivity index (χ4n) is 3.36. The molecule has 3 aromatic rings. The fraction of sp³-hybridized carbons (Fsp3) is 0.238. The van der Waals surface area contributed by atoms with E-state index in [-0.39, 0.29) is 11.9 Å². The molecule has 0 bridgehead atoms. The van der Waals surface area contributed by atoms with E-state index in [1.54, 1.807) is 0 Å². The van der Waals surface area contributed by atoms with Crippen LogP contribution in [0.3, 0.4) is 0 Å². The van der Waals surface area contributed by atoms with Crippen LogP contribution in [0, 0.1) is 0 Å². The first-order chi connectivity index (χ1) is 13.6. The van der Waals surface area contributed by atoms with E-state index >= 15 is 0 Å². The Kier molecular flexibility index (Phi) is 4.89. The van der Waals surface area contributed by atoms with Gasteiger partial charge in [-0.15, -0.1) is 0 Å². The molecule has 1 aliphatic rings. The number of nitrogen functional groups attached to an aromatic ring is 1. The van der Waals surface area contributed by atoms with Gasteiger partial charge in [0.1, 0.15) is 5.82 Å². The number of aromatic nitrogens is 3. The number of nitrogens with zero attached hydrogens (tertiary/aromatic N) is 4. The van der Waals surface area contributed by atoms with E-state index < -0.39 is 0 Å². The summed E-state index contributed by atoms with van der Waals surface area (Å²) in [6, 6.07) is 15.8. The normalized spacial score (nSPS) is 12.7. The molecule has 142 valence electrons. The highest BCUT2D eigenvalue weighted by molar-refractivity contribution is 5.97. The van der Waals surface area contributed by atoms with Crippen molar-refractivity contribution in [1.29, 1.82) is 0 Å². The van der Waals surface area contributed by atoms with Gasteiger partial charge in [0.05, 0.1) is 6.42 Å². The molecule has 28 heavy (non-hydrogen) atoms. The minimum atomic E-state index is 0.0970. The lowest BCUT2D eigenvalue weighted by molar-refractivity contribution is -0.117. The quantitative estimate of drug-likeness (QED) is 0.713. The Labute approximate surface area is 163 Å². The van der Waals surface area contributed by atoms with Crippen LogP contribution in [0.5, 0.6) is 0 Å². The van der Waals surface area contributed by atoms with Crippen LogP contribution in [0.15, 0.2) is 48.5 Å². The first-order valence-corrected chi connectivity index (χ1v) is 9.37. The third-order valence-corrected chi connectivity index (χ3v) is 4.75. The molecule has 7 nitrogen and oxygen atoms in total. The van der Waals surface area contributed by atoms with Gasteiger partial charge in [-0.25, -0.2) is 0 Å². The molecule has 0 saturated carbocycles. The van der Waals surface area contributed by atoms with E-state index in [0.29, 0.717) is 31.2 Å². The number of aryl methyl sites for hydroxylation is 1. The molecule has 0 saturated heterocycles. The predicted molar refractivity (Wildman–Crippen MR) is 110 cm³/mol. The second-order valence-corrected chi connectivity index (χ2v) is 6.71. The van der Waals surface area contributed by atoms with E-state index in [1.807, 2.05) is 60.4 Å². The van der Waals surface area contributed by atoms with Crippen molar-refractivity contribution in [2.24, 2.45) is 0 Å². The lowest BCUT2D eigenvalue weighted by Crippen LogP contribution is -2.30. The summed E-state index contributed by atoms with van der Waals surface area (Å²) in [7, 11) is 0. The number of benzene rings is 2. The van der Waals surface area contributed by atoms with E-state index in [0.717, 1.165) is 28.9 Å². The molecule has 0 radical (unpaired) electrons. The molecule has 1 amide bonds. The summed E-state index contributed by atoms with van der Waals surface area (Å²) >= 11 is 0. The molecule has 2 aromatic carbocycles. The van der Waals surface area contributed by atoms with Gasteiger partial charge >= 0.3 is 0 Å². The van der Waals surface area contributed by atoms with E-state index in [9.17, 15) is 4.79 Å². The number of nitrogens with two attached hydrogens (primary N) is 1. The summed E-state index contributed by atoms with van der Waals surface area (Å²) in [5, 5.41) is 3.18. The van der Waals surface area contributed by atoms with Crippen LogP contribution in [0.2, 0.25) is 0 Å². The maximum Gasteiger partial charge on any atom is 0.232 e. The van der Waals surface area contributed by atoms with Gasteiger partial charge in [-0.3, -0.25) is 4.79 Å². The number of hydrogen-bond donors (Lipinski definition) is 2. The Morgan fingerprint density at radius 1 is 1.14 bits per heavy atom. The van der Waals surface area contributed by atoms with E-state index in [2.05, 4.69) is 20.3 Å². The summed E-state index contributed by atoms with van der Waals surface area (Å²) in [5.41, 5.74) is 9.68. The standard InChI is InChI=1S/C21H22N6O/c1-2-18-24-20(22)26-21(25-18)23-16-9-8-15-10-11-27(17(15)13-16)19(28)12-14-6-4-3-5-7-14/h3-9,13H,2,10-12H2,1H3,(H3,22,23,24,25,26). The summed E-state index contributed by atoms with van der Waals surface area (Å²) < 4.78 is 0.